The molecule has 0 radical (unpaired) electrons. The lowest BCUT2D eigenvalue weighted by molar-refractivity contribution is 0.423. The van der Waals surface area contributed by atoms with Crippen molar-refractivity contribution in [3.63, 3.8) is 0 Å². The predicted octanol–water partition coefficient (Wildman–Crippen LogP) is 3.10. The van der Waals surface area contributed by atoms with Gasteiger partial charge in [-0.05, 0) is 63.1 Å². The van der Waals surface area contributed by atoms with E-state index in [2.05, 4.69) is 36.4 Å². The Bertz CT molecular complexity index is 520. The van der Waals surface area contributed by atoms with Crippen LogP contribution in [0.5, 0.6) is 0 Å². The van der Waals surface area contributed by atoms with Crippen LogP contribution in [0, 0.1) is 0 Å². The van der Waals surface area contributed by atoms with E-state index in [-0.39, 0.29) is 0 Å². The average Bonchev–Trinajstić information content (AvgIpc) is 3.02. The number of rotatable bonds is 3. The molecule has 0 unspecified atom stereocenters. The molecule has 0 amide bonds. The lowest BCUT2D eigenvalue weighted by atomic mass is 10.3. The number of halogens is 1. The van der Waals surface area contributed by atoms with Crippen LogP contribution in [0.2, 0.25) is 0 Å². The van der Waals surface area contributed by atoms with Gasteiger partial charge >= 0.3 is 0 Å². The molecule has 5 nitrogen and oxygen atoms in total. The molecule has 3 rings (SSSR count). The monoisotopic (exact) mass is 325 g/mol. The van der Waals surface area contributed by atoms with Crippen molar-refractivity contribution in [2.24, 2.45) is 0 Å². The molecule has 2 heterocycles. The number of nitrogens with zero attached hydrogens (tertiary/aromatic N) is 5. The summed E-state index contributed by atoms with van der Waals surface area (Å²) in [6.45, 7) is 0. The predicted molar refractivity (Wildman–Crippen MR) is 71.4 cm³/mol. The largest absolute Gasteiger partial charge is 0.248 e. The summed E-state index contributed by atoms with van der Waals surface area (Å²) in [5.41, 5.74) is 0. The van der Waals surface area contributed by atoms with E-state index in [1.807, 2.05) is 16.8 Å². The lowest BCUT2D eigenvalue weighted by Gasteiger charge is -2.10. The molecule has 0 aromatic carbocycles. The van der Waals surface area contributed by atoms with Gasteiger partial charge in [-0.1, -0.05) is 12.8 Å². The third kappa shape index (κ3) is 2.56. The van der Waals surface area contributed by atoms with Crippen LogP contribution in [-0.2, 0) is 0 Å². The third-order valence-electron chi connectivity index (χ3n) is 3.03. The smallest absolute Gasteiger partial charge is 0.215 e. The Hall–Kier alpha value is -0.950. The van der Waals surface area contributed by atoms with Gasteiger partial charge in [0.05, 0.1) is 6.04 Å². The summed E-state index contributed by atoms with van der Waals surface area (Å²) in [4.78, 5) is 4.33. The Kier molecular flexibility index (Phi) is 3.60. The van der Waals surface area contributed by atoms with Crippen LogP contribution in [0.15, 0.2) is 33.0 Å². The zero-order valence-corrected chi connectivity index (χ0v) is 12.1. The van der Waals surface area contributed by atoms with Crippen LogP contribution in [0.3, 0.4) is 0 Å². The fourth-order valence-corrected chi connectivity index (χ4v) is 3.17. The van der Waals surface area contributed by atoms with Crippen molar-refractivity contribution in [2.75, 3.05) is 0 Å². The van der Waals surface area contributed by atoms with Crippen molar-refractivity contribution in [1.29, 1.82) is 0 Å². The van der Waals surface area contributed by atoms with E-state index in [0.717, 1.165) is 14.7 Å². The highest BCUT2D eigenvalue weighted by molar-refractivity contribution is 9.10. The lowest BCUT2D eigenvalue weighted by Crippen LogP contribution is -2.08. The molecule has 0 atom stereocenters. The Morgan fingerprint density at radius 3 is 2.83 bits per heavy atom. The maximum absolute atomic E-state index is 4.33. The standard InChI is InChI=1S/C11H12BrN5S/c12-8-5-6-10(13-7-8)18-11-14-15-16-17(11)9-3-1-2-4-9/h5-7,9H,1-4H2. The highest BCUT2D eigenvalue weighted by Crippen LogP contribution is 2.33. The number of hydrogen-bond donors (Lipinski definition) is 0. The van der Waals surface area contributed by atoms with Gasteiger partial charge in [0.1, 0.15) is 5.03 Å². The van der Waals surface area contributed by atoms with Gasteiger partial charge in [0.25, 0.3) is 0 Å². The van der Waals surface area contributed by atoms with Gasteiger partial charge in [0.2, 0.25) is 5.16 Å². The molecule has 1 aliphatic carbocycles. The first-order valence-electron chi connectivity index (χ1n) is 5.90. The third-order valence-corrected chi connectivity index (χ3v) is 4.40. The van der Waals surface area contributed by atoms with Crippen LogP contribution < -0.4 is 0 Å². The fraction of sp³-hybridized carbons (Fsp3) is 0.455. The Morgan fingerprint density at radius 1 is 1.28 bits per heavy atom. The van der Waals surface area contributed by atoms with Crippen molar-refractivity contribution in [3.05, 3.63) is 22.8 Å². The summed E-state index contributed by atoms with van der Waals surface area (Å²) in [5, 5.41) is 13.7. The van der Waals surface area contributed by atoms with Crippen LogP contribution in [0.1, 0.15) is 31.7 Å². The first-order valence-corrected chi connectivity index (χ1v) is 7.51. The second kappa shape index (κ2) is 5.36. The highest BCUT2D eigenvalue weighted by Gasteiger charge is 2.22. The second-order valence-corrected chi connectivity index (χ2v) is 6.16. The number of pyridine rings is 1. The first kappa shape index (κ1) is 12.1. The maximum Gasteiger partial charge on any atom is 0.215 e. The maximum atomic E-state index is 4.33. The van der Waals surface area contributed by atoms with E-state index in [1.54, 1.807) is 6.20 Å². The van der Waals surface area contributed by atoms with Gasteiger partial charge in [-0.3, -0.25) is 0 Å². The Labute approximate surface area is 118 Å². The number of hydrogen-bond acceptors (Lipinski definition) is 5. The quantitative estimate of drug-likeness (QED) is 0.867. The van der Waals surface area contributed by atoms with E-state index in [1.165, 1.54) is 37.4 Å². The minimum Gasteiger partial charge on any atom is -0.248 e. The van der Waals surface area contributed by atoms with E-state index in [0.29, 0.717) is 6.04 Å². The molecule has 0 bridgehead atoms. The summed E-state index contributed by atoms with van der Waals surface area (Å²) in [7, 11) is 0. The van der Waals surface area contributed by atoms with Crippen molar-refractivity contribution in [1.82, 2.24) is 25.2 Å². The van der Waals surface area contributed by atoms with Crippen molar-refractivity contribution in [3.8, 4) is 0 Å². The molecule has 1 fully saturated rings. The number of aromatic nitrogens is 5. The molecule has 1 aliphatic rings. The Morgan fingerprint density at radius 2 is 2.11 bits per heavy atom. The van der Waals surface area contributed by atoms with Gasteiger partial charge in [-0.15, -0.1) is 5.10 Å². The summed E-state index contributed by atoms with van der Waals surface area (Å²) < 4.78 is 2.92. The van der Waals surface area contributed by atoms with E-state index in [9.17, 15) is 0 Å². The second-order valence-electron chi connectivity index (χ2n) is 4.26. The summed E-state index contributed by atoms with van der Waals surface area (Å²) >= 11 is 4.89. The van der Waals surface area contributed by atoms with Crippen molar-refractivity contribution in [2.45, 2.75) is 41.9 Å². The van der Waals surface area contributed by atoms with Gasteiger partial charge in [0, 0.05) is 10.7 Å². The molecule has 7 heteroatoms. The molecule has 1 saturated carbocycles. The average molecular weight is 326 g/mol. The molecule has 0 aliphatic heterocycles. The zero-order valence-electron chi connectivity index (χ0n) is 9.66. The van der Waals surface area contributed by atoms with E-state index < -0.39 is 0 Å². The van der Waals surface area contributed by atoms with Crippen LogP contribution in [0.4, 0.5) is 0 Å². The zero-order chi connectivity index (χ0) is 12.4. The molecule has 94 valence electrons. The van der Waals surface area contributed by atoms with Gasteiger partial charge in [-0.2, -0.15) is 0 Å². The molecular formula is C11H12BrN5S. The normalized spacial score (nSPS) is 16.3. The van der Waals surface area contributed by atoms with Crippen molar-refractivity contribution < 1.29 is 0 Å². The van der Waals surface area contributed by atoms with Gasteiger partial charge in [-0.25, -0.2) is 9.67 Å². The van der Waals surface area contributed by atoms with Crippen LogP contribution in [-0.4, -0.2) is 25.2 Å². The minimum absolute atomic E-state index is 0.456. The van der Waals surface area contributed by atoms with Gasteiger partial charge in [0.15, 0.2) is 0 Å². The summed E-state index contributed by atoms with van der Waals surface area (Å²) in [6, 6.07) is 4.39. The number of tetrazole rings is 1. The van der Waals surface area contributed by atoms with Crippen molar-refractivity contribution >= 4 is 27.7 Å². The van der Waals surface area contributed by atoms with E-state index >= 15 is 0 Å². The minimum atomic E-state index is 0.456. The molecule has 0 spiro atoms. The molecular weight excluding hydrogens is 314 g/mol. The Balaban J connectivity index is 1.80. The van der Waals surface area contributed by atoms with Crippen LogP contribution >= 0.6 is 27.7 Å². The highest BCUT2D eigenvalue weighted by atomic mass is 79.9. The summed E-state index contributed by atoms with van der Waals surface area (Å²) in [5.74, 6) is 0. The van der Waals surface area contributed by atoms with E-state index in [4.69, 9.17) is 0 Å². The molecule has 2 aromatic rings. The van der Waals surface area contributed by atoms with Gasteiger partial charge < -0.3 is 0 Å². The molecule has 0 N–H and O–H groups in total. The topological polar surface area (TPSA) is 56.5 Å². The first-order chi connectivity index (χ1) is 8.83. The summed E-state index contributed by atoms with van der Waals surface area (Å²) in [6.07, 6.45) is 6.67. The molecule has 18 heavy (non-hydrogen) atoms. The SMILES string of the molecule is Brc1ccc(Sc2nnnn2C2CCCC2)nc1. The molecule has 2 aromatic heterocycles. The molecule has 0 saturated heterocycles. The fourth-order valence-electron chi connectivity index (χ4n) is 2.15. The van der Waals surface area contributed by atoms with Crippen LogP contribution in [0.25, 0.3) is 0 Å².